The second-order valence-corrected chi connectivity index (χ2v) is 7.47. The van der Waals surface area contributed by atoms with Crippen LogP contribution in [0, 0.1) is 10.1 Å². The van der Waals surface area contributed by atoms with Crippen LogP contribution in [0.1, 0.15) is 22.3 Å². The van der Waals surface area contributed by atoms with Crippen molar-refractivity contribution in [1.29, 1.82) is 0 Å². The fourth-order valence-corrected chi connectivity index (χ4v) is 4.46. The van der Waals surface area contributed by atoms with Gasteiger partial charge in [0.05, 0.1) is 17.0 Å². The number of fused-ring (bicyclic) bond motifs is 3. The number of hydrogen-bond acceptors (Lipinski definition) is 3. The molecule has 1 aliphatic heterocycles. The van der Waals surface area contributed by atoms with E-state index in [0.717, 1.165) is 39.0 Å². The molecule has 1 aliphatic carbocycles. The quantitative estimate of drug-likeness (QED) is 0.472. The van der Waals surface area contributed by atoms with Crippen molar-refractivity contribution in [2.45, 2.75) is 6.54 Å². The second-order valence-electron chi connectivity index (χ2n) is 7.47. The van der Waals surface area contributed by atoms with Crippen LogP contribution in [0.4, 0.5) is 0 Å². The van der Waals surface area contributed by atoms with E-state index in [9.17, 15) is 10.1 Å². The van der Waals surface area contributed by atoms with E-state index in [2.05, 4.69) is 35.2 Å². The van der Waals surface area contributed by atoms with Crippen molar-refractivity contribution in [2.75, 3.05) is 13.1 Å². The van der Waals surface area contributed by atoms with E-state index >= 15 is 0 Å². The zero-order valence-electron chi connectivity index (χ0n) is 15.9. The third kappa shape index (κ3) is 3.08. The summed E-state index contributed by atoms with van der Waals surface area (Å²) in [7, 11) is 0. The van der Waals surface area contributed by atoms with Crippen LogP contribution < -0.4 is 0 Å². The maximum atomic E-state index is 12.0. The molecule has 0 saturated carbocycles. The van der Waals surface area contributed by atoms with Crippen molar-refractivity contribution in [1.82, 2.24) is 4.90 Å². The monoisotopic (exact) mass is 380 g/mol. The SMILES string of the molecule is O=[N+]([O-])C1=C2C(=C(c3ccccc3)c3ccccc32)CN(Cc2ccccc2)C1. The molecule has 3 aromatic rings. The minimum atomic E-state index is -0.197. The lowest BCUT2D eigenvalue weighted by atomic mass is 9.95. The van der Waals surface area contributed by atoms with Crippen LogP contribution in [-0.4, -0.2) is 22.9 Å². The van der Waals surface area contributed by atoms with Gasteiger partial charge in [0, 0.05) is 13.1 Å². The third-order valence-electron chi connectivity index (χ3n) is 5.64. The highest BCUT2D eigenvalue weighted by Crippen LogP contribution is 2.48. The predicted octanol–water partition coefficient (Wildman–Crippen LogP) is 5.01. The molecule has 5 rings (SSSR count). The van der Waals surface area contributed by atoms with Crippen LogP contribution in [0.5, 0.6) is 0 Å². The summed E-state index contributed by atoms with van der Waals surface area (Å²) in [5, 5.41) is 12.0. The Labute approximate surface area is 169 Å². The number of rotatable bonds is 4. The van der Waals surface area contributed by atoms with E-state index in [1.165, 1.54) is 0 Å². The molecule has 4 nitrogen and oxygen atoms in total. The first-order valence-electron chi connectivity index (χ1n) is 9.75. The molecular formula is C25H20N2O2. The zero-order chi connectivity index (χ0) is 19.8. The molecule has 3 aromatic carbocycles. The topological polar surface area (TPSA) is 46.4 Å². The Hall–Kier alpha value is -3.50. The largest absolute Gasteiger partial charge is 0.285 e. The molecule has 0 amide bonds. The molecule has 0 bridgehead atoms. The first-order chi connectivity index (χ1) is 14.2. The summed E-state index contributed by atoms with van der Waals surface area (Å²) in [4.78, 5) is 14.0. The highest BCUT2D eigenvalue weighted by atomic mass is 16.6. The van der Waals surface area contributed by atoms with Crippen molar-refractivity contribution >= 4 is 11.1 Å². The lowest BCUT2D eigenvalue weighted by Gasteiger charge is -2.28. The fraction of sp³-hybridized carbons (Fsp3) is 0.120. The van der Waals surface area contributed by atoms with Crippen LogP contribution in [0.2, 0.25) is 0 Å². The van der Waals surface area contributed by atoms with Gasteiger partial charge in [0.15, 0.2) is 0 Å². The van der Waals surface area contributed by atoms with E-state index in [1.807, 2.05) is 54.6 Å². The molecule has 0 fully saturated rings. The summed E-state index contributed by atoms with van der Waals surface area (Å²) in [6.07, 6.45) is 0. The van der Waals surface area contributed by atoms with Gasteiger partial charge in [-0.1, -0.05) is 84.9 Å². The first-order valence-corrected chi connectivity index (χ1v) is 9.75. The lowest BCUT2D eigenvalue weighted by molar-refractivity contribution is -0.427. The zero-order valence-corrected chi connectivity index (χ0v) is 15.9. The Morgan fingerprint density at radius 2 is 1.34 bits per heavy atom. The molecule has 142 valence electrons. The highest BCUT2D eigenvalue weighted by Gasteiger charge is 2.38. The van der Waals surface area contributed by atoms with Crippen LogP contribution >= 0.6 is 0 Å². The molecular weight excluding hydrogens is 360 g/mol. The van der Waals surface area contributed by atoms with E-state index in [0.29, 0.717) is 25.3 Å². The Balaban J connectivity index is 1.68. The first kappa shape index (κ1) is 17.6. The molecule has 0 saturated heterocycles. The molecule has 0 atom stereocenters. The molecule has 0 aromatic heterocycles. The fourth-order valence-electron chi connectivity index (χ4n) is 4.46. The van der Waals surface area contributed by atoms with Gasteiger partial charge in [-0.2, -0.15) is 0 Å². The lowest BCUT2D eigenvalue weighted by Crippen LogP contribution is -2.34. The molecule has 1 heterocycles. The number of nitro groups is 1. The van der Waals surface area contributed by atoms with E-state index < -0.39 is 0 Å². The van der Waals surface area contributed by atoms with Gasteiger partial charge in [0.1, 0.15) is 0 Å². The van der Waals surface area contributed by atoms with E-state index in [1.54, 1.807) is 0 Å². The number of benzene rings is 3. The van der Waals surface area contributed by atoms with E-state index in [4.69, 9.17) is 0 Å². The number of hydrogen-bond donors (Lipinski definition) is 0. The normalized spacial score (nSPS) is 16.0. The summed E-state index contributed by atoms with van der Waals surface area (Å²) < 4.78 is 0. The Kier molecular flexibility index (Phi) is 4.34. The predicted molar refractivity (Wildman–Crippen MR) is 115 cm³/mol. The van der Waals surface area contributed by atoms with Crippen LogP contribution in [0.3, 0.4) is 0 Å². The molecule has 0 N–H and O–H groups in total. The smallest absolute Gasteiger partial charge is 0.268 e. The van der Waals surface area contributed by atoms with E-state index in [-0.39, 0.29) is 4.92 Å². The molecule has 29 heavy (non-hydrogen) atoms. The summed E-state index contributed by atoms with van der Waals surface area (Å²) in [5.74, 6) is 0. The Morgan fingerprint density at radius 1 is 0.759 bits per heavy atom. The van der Waals surface area contributed by atoms with Gasteiger partial charge >= 0.3 is 0 Å². The summed E-state index contributed by atoms with van der Waals surface area (Å²) in [6.45, 7) is 1.73. The van der Waals surface area contributed by atoms with Crippen molar-refractivity contribution < 1.29 is 4.92 Å². The van der Waals surface area contributed by atoms with Gasteiger partial charge in [0.2, 0.25) is 0 Å². The average molecular weight is 380 g/mol. The van der Waals surface area contributed by atoms with Gasteiger partial charge in [0.25, 0.3) is 5.70 Å². The van der Waals surface area contributed by atoms with Crippen molar-refractivity contribution in [3.8, 4) is 0 Å². The minimum Gasteiger partial charge on any atom is -0.285 e. The maximum absolute atomic E-state index is 12.0. The molecule has 0 radical (unpaired) electrons. The van der Waals surface area contributed by atoms with Gasteiger partial charge < -0.3 is 0 Å². The van der Waals surface area contributed by atoms with Crippen LogP contribution in [0.25, 0.3) is 11.1 Å². The summed E-state index contributed by atoms with van der Waals surface area (Å²) >= 11 is 0. The van der Waals surface area contributed by atoms with Gasteiger partial charge in [-0.15, -0.1) is 0 Å². The molecule has 0 unspecified atom stereocenters. The molecule has 4 heteroatoms. The van der Waals surface area contributed by atoms with Crippen molar-refractivity contribution in [3.05, 3.63) is 129 Å². The Bertz CT molecular complexity index is 1150. The van der Waals surface area contributed by atoms with Gasteiger partial charge in [-0.25, -0.2) is 0 Å². The average Bonchev–Trinajstić information content (AvgIpc) is 3.08. The highest BCUT2D eigenvalue weighted by molar-refractivity contribution is 6.06. The number of nitrogens with zero attached hydrogens (tertiary/aromatic N) is 2. The van der Waals surface area contributed by atoms with Crippen LogP contribution in [0.15, 0.2) is 96.2 Å². The second kappa shape index (κ2) is 7.15. The summed E-state index contributed by atoms with van der Waals surface area (Å²) in [5.41, 5.74) is 7.62. The van der Waals surface area contributed by atoms with Crippen LogP contribution in [-0.2, 0) is 6.54 Å². The molecule has 2 aliphatic rings. The van der Waals surface area contributed by atoms with Gasteiger partial charge in [-0.05, 0) is 33.4 Å². The molecule has 0 spiro atoms. The van der Waals surface area contributed by atoms with Crippen molar-refractivity contribution in [2.24, 2.45) is 0 Å². The minimum absolute atomic E-state index is 0.197. The third-order valence-corrected chi connectivity index (χ3v) is 5.64. The standard InChI is InChI=1S/C25H20N2O2/c28-27(29)23-17-26(15-18-9-3-1-4-10-18)16-22-24(19-11-5-2-6-12-19)20-13-7-8-14-21(20)25(22)23/h1-14H,15-17H2. The Morgan fingerprint density at radius 3 is 2.00 bits per heavy atom. The maximum Gasteiger partial charge on any atom is 0.268 e. The summed E-state index contributed by atoms with van der Waals surface area (Å²) in [6, 6.07) is 28.4. The van der Waals surface area contributed by atoms with Crippen molar-refractivity contribution in [3.63, 3.8) is 0 Å². The van der Waals surface area contributed by atoms with Gasteiger partial charge in [-0.3, -0.25) is 15.0 Å².